The van der Waals surface area contributed by atoms with E-state index < -0.39 is 0 Å². The molecule has 0 saturated carbocycles. The van der Waals surface area contributed by atoms with Crippen LogP contribution in [0, 0.1) is 17.2 Å². The van der Waals surface area contributed by atoms with Gasteiger partial charge in [0.2, 0.25) is 12.7 Å². The van der Waals surface area contributed by atoms with Crippen molar-refractivity contribution >= 4 is 11.7 Å². The topological polar surface area (TPSA) is 87.5 Å². The molecular weight excluding hydrogens is 356 g/mol. The Balaban J connectivity index is 1.22. The Bertz CT molecular complexity index is 884. The van der Waals surface area contributed by atoms with E-state index >= 15 is 0 Å². The van der Waals surface area contributed by atoms with Crippen LogP contribution in [0.25, 0.3) is 0 Å². The molecule has 144 valence electrons. The second kappa shape index (κ2) is 8.17. The van der Waals surface area contributed by atoms with Crippen molar-refractivity contribution < 1.29 is 14.3 Å². The van der Waals surface area contributed by atoms with Crippen LogP contribution >= 0.6 is 0 Å². The fourth-order valence-electron chi connectivity index (χ4n) is 3.58. The summed E-state index contributed by atoms with van der Waals surface area (Å²) in [6, 6.07) is 11.6. The fraction of sp³-hybridized carbons (Fsp3) is 0.381. The molecule has 0 unspecified atom stereocenters. The SMILES string of the molecule is N#Cc1ccc(N2CCC(C(=O)NCCc3ccc4c(c3)OCO4)CC2)nc1. The van der Waals surface area contributed by atoms with E-state index in [4.69, 9.17) is 14.7 Å². The summed E-state index contributed by atoms with van der Waals surface area (Å²) in [6.45, 7) is 2.46. The van der Waals surface area contributed by atoms with Crippen molar-refractivity contribution in [3.05, 3.63) is 47.7 Å². The van der Waals surface area contributed by atoms with Crippen LogP contribution in [0.15, 0.2) is 36.5 Å². The lowest BCUT2D eigenvalue weighted by Crippen LogP contribution is -2.41. The predicted octanol–water partition coefficient (Wildman–Crippen LogP) is 2.26. The third kappa shape index (κ3) is 4.01. The van der Waals surface area contributed by atoms with Gasteiger partial charge in [0, 0.05) is 31.7 Å². The van der Waals surface area contributed by atoms with Crippen LogP contribution in [0.3, 0.4) is 0 Å². The van der Waals surface area contributed by atoms with Gasteiger partial charge in [0.15, 0.2) is 11.5 Å². The number of amides is 1. The van der Waals surface area contributed by atoms with Gasteiger partial charge in [0.1, 0.15) is 11.9 Å². The van der Waals surface area contributed by atoms with E-state index in [-0.39, 0.29) is 18.6 Å². The molecule has 0 radical (unpaired) electrons. The lowest BCUT2D eigenvalue weighted by molar-refractivity contribution is -0.125. The van der Waals surface area contributed by atoms with Crippen molar-refractivity contribution in [2.45, 2.75) is 19.3 Å². The number of carbonyl (C=O) groups is 1. The minimum absolute atomic E-state index is 0.0337. The number of aromatic nitrogens is 1. The zero-order valence-corrected chi connectivity index (χ0v) is 15.6. The molecule has 1 aromatic heterocycles. The molecule has 4 rings (SSSR count). The maximum atomic E-state index is 12.5. The highest BCUT2D eigenvalue weighted by molar-refractivity contribution is 5.79. The standard InChI is InChI=1S/C21H22N4O3/c22-12-16-2-4-20(24-13-16)25-9-6-17(7-10-25)21(26)23-8-5-15-1-3-18-19(11-15)28-14-27-18/h1-4,11,13,17H,5-10,14H2,(H,23,26). The molecule has 0 spiro atoms. The summed E-state index contributed by atoms with van der Waals surface area (Å²) in [4.78, 5) is 19.0. The first-order valence-electron chi connectivity index (χ1n) is 9.50. The molecule has 1 fully saturated rings. The Morgan fingerprint density at radius 1 is 1.21 bits per heavy atom. The van der Waals surface area contributed by atoms with Crippen LogP contribution in [-0.4, -0.2) is 37.3 Å². The van der Waals surface area contributed by atoms with E-state index in [9.17, 15) is 4.79 Å². The van der Waals surface area contributed by atoms with Crippen molar-refractivity contribution in [1.29, 1.82) is 5.26 Å². The fourth-order valence-corrected chi connectivity index (χ4v) is 3.58. The number of rotatable bonds is 5. The smallest absolute Gasteiger partial charge is 0.231 e. The van der Waals surface area contributed by atoms with Crippen LogP contribution in [0.2, 0.25) is 0 Å². The number of benzene rings is 1. The van der Waals surface area contributed by atoms with Gasteiger partial charge in [0.05, 0.1) is 5.56 Å². The van der Waals surface area contributed by atoms with Gasteiger partial charge in [-0.2, -0.15) is 5.26 Å². The number of anilines is 1. The van der Waals surface area contributed by atoms with E-state index in [2.05, 4.69) is 21.3 Å². The van der Waals surface area contributed by atoms with Gasteiger partial charge >= 0.3 is 0 Å². The van der Waals surface area contributed by atoms with E-state index in [1.165, 1.54) is 0 Å². The number of pyridine rings is 1. The van der Waals surface area contributed by atoms with Gasteiger partial charge in [-0.1, -0.05) is 6.07 Å². The summed E-state index contributed by atoms with van der Waals surface area (Å²) in [5, 5.41) is 11.9. The Hall–Kier alpha value is -3.27. The first-order chi connectivity index (χ1) is 13.7. The second-order valence-electron chi connectivity index (χ2n) is 7.01. The quantitative estimate of drug-likeness (QED) is 0.859. The number of hydrogen-bond donors (Lipinski definition) is 1. The van der Waals surface area contributed by atoms with Gasteiger partial charge in [-0.25, -0.2) is 4.98 Å². The molecule has 0 bridgehead atoms. The molecule has 2 aromatic rings. The molecule has 7 heteroatoms. The molecule has 7 nitrogen and oxygen atoms in total. The predicted molar refractivity (Wildman–Crippen MR) is 103 cm³/mol. The average Bonchev–Trinajstić information content (AvgIpc) is 3.22. The highest BCUT2D eigenvalue weighted by Crippen LogP contribution is 2.32. The van der Waals surface area contributed by atoms with Crippen molar-refractivity contribution in [2.75, 3.05) is 31.3 Å². The maximum absolute atomic E-state index is 12.5. The number of piperidine rings is 1. The van der Waals surface area contributed by atoms with Gasteiger partial charge in [-0.15, -0.1) is 0 Å². The summed E-state index contributed by atoms with van der Waals surface area (Å²) >= 11 is 0. The highest BCUT2D eigenvalue weighted by Gasteiger charge is 2.25. The second-order valence-corrected chi connectivity index (χ2v) is 7.01. The molecule has 3 heterocycles. The van der Waals surface area contributed by atoms with Crippen LogP contribution in [0.1, 0.15) is 24.0 Å². The first kappa shape index (κ1) is 18.1. The molecule has 2 aliphatic rings. The van der Waals surface area contributed by atoms with Crippen LogP contribution in [0.4, 0.5) is 5.82 Å². The molecule has 1 N–H and O–H groups in total. The molecule has 1 aromatic carbocycles. The summed E-state index contributed by atoms with van der Waals surface area (Å²) < 4.78 is 10.7. The van der Waals surface area contributed by atoms with E-state index in [1.807, 2.05) is 24.3 Å². The number of hydrogen-bond acceptors (Lipinski definition) is 6. The van der Waals surface area contributed by atoms with Crippen molar-refractivity contribution in [1.82, 2.24) is 10.3 Å². The van der Waals surface area contributed by atoms with Crippen LogP contribution < -0.4 is 19.7 Å². The first-order valence-corrected chi connectivity index (χ1v) is 9.50. The number of fused-ring (bicyclic) bond motifs is 1. The Morgan fingerprint density at radius 3 is 2.79 bits per heavy atom. The zero-order chi connectivity index (χ0) is 19.3. The Kier molecular flexibility index (Phi) is 5.29. The van der Waals surface area contributed by atoms with Crippen molar-refractivity contribution in [3.63, 3.8) is 0 Å². The third-order valence-corrected chi connectivity index (χ3v) is 5.22. The number of ether oxygens (including phenoxy) is 2. The normalized spacial score (nSPS) is 15.9. The minimum Gasteiger partial charge on any atom is -0.454 e. The van der Waals surface area contributed by atoms with Crippen LogP contribution in [0.5, 0.6) is 11.5 Å². The average molecular weight is 378 g/mol. The van der Waals surface area contributed by atoms with Gasteiger partial charge in [0.25, 0.3) is 0 Å². The van der Waals surface area contributed by atoms with Crippen molar-refractivity contribution in [3.8, 4) is 17.6 Å². The molecule has 1 amide bonds. The monoisotopic (exact) mass is 378 g/mol. The van der Waals surface area contributed by atoms with E-state index in [0.717, 1.165) is 55.2 Å². The van der Waals surface area contributed by atoms with E-state index in [1.54, 1.807) is 12.3 Å². The molecule has 0 atom stereocenters. The molecule has 2 aliphatic heterocycles. The van der Waals surface area contributed by atoms with Gasteiger partial charge in [-0.3, -0.25) is 4.79 Å². The highest BCUT2D eigenvalue weighted by atomic mass is 16.7. The summed E-state index contributed by atoms with van der Waals surface area (Å²) in [6.07, 6.45) is 3.95. The number of nitriles is 1. The molecular formula is C21H22N4O3. The molecule has 0 aliphatic carbocycles. The lowest BCUT2D eigenvalue weighted by Gasteiger charge is -2.32. The lowest BCUT2D eigenvalue weighted by atomic mass is 9.95. The Labute approximate surface area is 163 Å². The minimum atomic E-state index is 0.0337. The van der Waals surface area contributed by atoms with Crippen molar-refractivity contribution in [2.24, 2.45) is 5.92 Å². The zero-order valence-electron chi connectivity index (χ0n) is 15.6. The Morgan fingerprint density at radius 2 is 2.04 bits per heavy atom. The van der Waals surface area contributed by atoms with Gasteiger partial charge < -0.3 is 19.7 Å². The number of nitrogens with one attached hydrogen (secondary N) is 1. The molecule has 28 heavy (non-hydrogen) atoms. The number of carbonyl (C=O) groups excluding carboxylic acids is 1. The number of nitrogens with zero attached hydrogens (tertiary/aromatic N) is 3. The summed E-state index contributed by atoms with van der Waals surface area (Å²) in [7, 11) is 0. The maximum Gasteiger partial charge on any atom is 0.231 e. The van der Waals surface area contributed by atoms with Crippen LogP contribution in [-0.2, 0) is 11.2 Å². The largest absolute Gasteiger partial charge is 0.454 e. The summed E-state index contributed by atoms with van der Waals surface area (Å²) in [5.74, 6) is 2.56. The summed E-state index contributed by atoms with van der Waals surface area (Å²) in [5.41, 5.74) is 1.67. The van der Waals surface area contributed by atoms with Gasteiger partial charge in [-0.05, 0) is 49.1 Å². The van der Waals surface area contributed by atoms with E-state index in [0.29, 0.717) is 12.1 Å². The third-order valence-electron chi connectivity index (χ3n) is 5.22. The molecule has 1 saturated heterocycles.